The molecule has 0 aliphatic carbocycles. The van der Waals surface area contributed by atoms with Gasteiger partial charge < -0.3 is 16.2 Å². The van der Waals surface area contributed by atoms with Crippen LogP contribution in [0.25, 0.3) is 0 Å². The van der Waals surface area contributed by atoms with Crippen molar-refractivity contribution < 1.29 is 9.90 Å². The zero-order chi connectivity index (χ0) is 11.4. The van der Waals surface area contributed by atoms with Gasteiger partial charge in [-0.3, -0.25) is 4.79 Å². The van der Waals surface area contributed by atoms with Crippen molar-refractivity contribution in [2.45, 2.75) is 33.7 Å². The molecule has 4 nitrogen and oxygen atoms in total. The first kappa shape index (κ1) is 13.4. The molecular weight excluding hydrogens is 180 g/mol. The fourth-order valence-corrected chi connectivity index (χ4v) is 0.880. The van der Waals surface area contributed by atoms with Gasteiger partial charge in [0.05, 0.1) is 18.1 Å². The Labute approximate surface area is 85.9 Å². The Morgan fingerprint density at radius 3 is 2.29 bits per heavy atom. The van der Waals surface area contributed by atoms with Crippen LogP contribution in [-0.4, -0.2) is 30.2 Å². The van der Waals surface area contributed by atoms with Crippen molar-refractivity contribution in [3.8, 4) is 0 Å². The van der Waals surface area contributed by atoms with Crippen LogP contribution in [0.2, 0.25) is 0 Å². The molecule has 0 saturated heterocycles. The van der Waals surface area contributed by atoms with Crippen LogP contribution in [-0.2, 0) is 4.79 Å². The van der Waals surface area contributed by atoms with E-state index in [4.69, 9.17) is 10.8 Å². The lowest BCUT2D eigenvalue weighted by atomic mass is 9.91. The summed E-state index contributed by atoms with van der Waals surface area (Å²) in [5, 5.41) is 11.8. The minimum absolute atomic E-state index is 0.0376. The van der Waals surface area contributed by atoms with Gasteiger partial charge in [0.1, 0.15) is 0 Å². The number of carbonyl (C=O) groups is 1. The van der Waals surface area contributed by atoms with Gasteiger partial charge in [0.15, 0.2) is 0 Å². The Morgan fingerprint density at radius 1 is 1.50 bits per heavy atom. The number of carbonyl (C=O) groups excluding carboxylic acids is 1. The molecule has 0 aromatic carbocycles. The summed E-state index contributed by atoms with van der Waals surface area (Å²) in [6.45, 7) is 7.75. The summed E-state index contributed by atoms with van der Waals surface area (Å²) >= 11 is 0. The van der Waals surface area contributed by atoms with E-state index in [-0.39, 0.29) is 24.5 Å². The Hall–Kier alpha value is -0.610. The summed E-state index contributed by atoms with van der Waals surface area (Å²) in [6, 6.07) is -0.187. The first-order valence-electron chi connectivity index (χ1n) is 4.97. The molecule has 1 atom stereocenters. The second-order valence-electron chi connectivity index (χ2n) is 4.59. The number of amides is 1. The second-order valence-corrected chi connectivity index (χ2v) is 4.59. The van der Waals surface area contributed by atoms with Crippen molar-refractivity contribution in [2.75, 3.05) is 13.2 Å². The topological polar surface area (TPSA) is 75.3 Å². The van der Waals surface area contributed by atoms with E-state index in [0.717, 1.165) is 0 Å². The molecule has 0 rings (SSSR count). The largest absolute Gasteiger partial charge is 0.394 e. The van der Waals surface area contributed by atoms with Crippen molar-refractivity contribution in [3.63, 3.8) is 0 Å². The molecule has 0 radical (unpaired) electrons. The molecular formula is C10H22N2O2. The first-order chi connectivity index (χ1) is 6.35. The Morgan fingerprint density at radius 2 is 2.00 bits per heavy atom. The minimum Gasteiger partial charge on any atom is -0.394 e. The maximum absolute atomic E-state index is 11.7. The predicted molar refractivity (Wildman–Crippen MR) is 56.7 cm³/mol. The van der Waals surface area contributed by atoms with E-state index in [1.165, 1.54) is 0 Å². The van der Waals surface area contributed by atoms with Crippen LogP contribution in [0.1, 0.15) is 27.7 Å². The predicted octanol–water partition coefficient (Wildman–Crippen LogP) is 0.104. The smallest absolute Gasteiger partial charge is 0.227 e. The lowest BCUT2D eigenvalue weighted by Crippen LogP contribution is -2.49. The number of rotatable bonds is 5. The van der Waals surface area contributed by atoms with Crippen LogP contribution in [0.3, 0.4) is 0 Å². The van der Waals surface area contributed by atoms with E-state index in [2.05, 4.69) is 5.32 Å². The van der Waals surface area contributed by atoms with E-state index < -0.39 is 5.41 Å². The summed E-state index contributed by atoms with van der Waals surface area (Å²) in [7, 11) is 0. The highest BCUT2D eigenvalue weighted by molar-refractivity contribution is 5.82. The van der Waals surface area contributed by atoms with Gasteiger partial charge in [-0.2, -0.15) is 0 Å². The fourth-order valence-electron chi connectivity index (χ4n) is 0.880. The zero-order valence-corrected chi connectivity index (χ0v) is 9.50. The lowest BCUT2D eigenvalue weighted by Gasteiger charge is -2.27. The lowest BCUT2D eigenvalue weighted by molar-refractivity contribution is -0.130. The summed E-state index contributed by atoms with van der Waals surface area (Å²) in [5.41, 5.74) is 4.91. The average molecular weight is 202 g/mol. The Bertz CT molecular complexity index is 191. The Balaban J connectivity index is 4.30. The second kappa shape index (κ2) is 5.32. The van der Waals surface area contributed by atoms with E-state index in [1.54, 1.807) is 13.8 Å². The number of hydrogen-bond acceptors (Lipinski definition) is 3. The molecule has 4 N–H and O–H groups in total. The maximum atomic E-state index is 11.7. The third kappa shape index (κ3) is 3.64. The van der Waals surface area contributed by atoms with Crippen LogP contribution >= 0.6 is 0 Å². The molecule has 0 bridgehead atoms. The van der Waals surface area contributed by atoms with E-state index in [9.17, 15) is 4.79 Å². The Kier molecular flexibility index (Phi) is 5.08. The summed E-state index contributed by atoms with van der Waals surface area (Å²) in [5.74, 6) is 0.116. The summed E-state index contributed by atoms with van der Waals surface area (Å²) < 4.78 is 0. The number of hydrogen-bond donors (Lipinski definition) is 3. The maximum Gasteiger partial charge on any atom is 0.227 e. The van der Waals surface area contributed by atoms with Crippen molar-refractivity contribution in [2.24, 2.45) is 17.1 Å². The standard InChI is InChI=1S/C10H22N2O2/c1-7(2)8(5-13)12-9(14)10(3,4)6-11/h7-8,13H,5-6,11H2,1-4H3,(H,12,14)/t8-/m1/s1. The molecule has 0 aliphatic rings. The van der Waals surface area contributed by atoms with Crippen LogP contribution in [0.15, 0.2) is 0 Å². The van der Waals surface area contributed by atoms with E-state index in [0.29, 0.717) is 6.54 Å². The zero-order valence-electron chi connectivity index (χ0n) is 9.50. The normalized spacial score (nSPS) is 14.2. The third-order valence-electron chi connectivity index (χ3n) is 2.44. The van der Waals surface area contributed by atoms with Gasteiger partial charge in [0, 0.05) is 6.54 Å². The third-order valence-corrected chi connectivity index (χ3v) is 2.44. The highest BCUT2D eigenvalue weighted by atomic mass is 16.3. The molecule has 0 aliphatic heterocycles. The molecule has 4 heteroatoms. The SMILES string of the molecule is CC(C)[C@@H](CO)NC(=O)C(C)(C)CN. The molecule has 14 heavy (non-hydrogen) atoms. The van der Waals surface area contributed by atoms with E-state index >= 15 is 0 Å². The highest BCUT2D eigenvalue weighted by Crippen LogP contribution is 2.13. The molecule has 0 saturated carbocycles. The quantitative estimate of drug-likeness (QED) is 0.592. The number of aliphatic hydroxyl groups is 1. The van der Waals surface area contributed by atoms with E-state index in [1.807, 2.05) is 13.8 Å². The van der Waals surface area contributed by atoms with Gasteiger partial charge in [-0.05, 0) is 19.8 Å². The molecule has 0 unspecified atom stereocenters. The first-order valence-corrected chi connectivity index (χ1v) is 4.97. The van der Waals surface area contributed by atoms with Crippen molar-refractivity contribution >= 4 is 5.91 Å². The van der Waals surface area contributed by atoms with Gasteiger partial charge in [-0.15, -0.1) is 0 Å². The summed E-state index contributed by atoms with van der Waals surface area (Å²) in [4.78, 5) is 11.7. The van der Waals surface area contributed by atoms with Crippen molar-refractivity contribution in [3.05, 3.63) is 0 Å². The van der Waals surface area contributed by atoms with Crippen LogP contribution in [0, 0.1) is 11.3 Å². The van der Waals surface area contributed by atoms with Gasteiger partial charge in [-0.25, -0.2) is 0 Å². The van der Waals surface area contributed by atoms with Gasteiger partial charge in [0.25, 0.3) is 0 Å². The summed E-state index contributed by atoms with van der Waals surface area (Å²) in [6.07, 6.45) is 0. The molecule has 84 valence electrons. The van der Waals surface area contributed by atoms with Crippen LogP contribution in [0.4, 0.5) is 0 Å². The molecule has 0 heterocycles. The van der Waals surface area contributed by atoms with Crippen LogP contribution < -0.4 is 11.1 Å². The highest BCUT2D eigenvalue weighted by Gasteiger charge is 2.28. The number of nitrogens with one attached hydrogen (secondary N) is 1. The molecule has 0 fully saturated rings. The molecule has 0 spiro atoms. The number of nitrogens with two attached hydrogens (primary N) is 1. The fraction of sp³-hybridized carbons (Fsp3) is 0.900. The van der Waals surface area contributed by atoms with Crippen molar-refractivity contribution in [1.29, 1.82) is 0 Å². The van der Waals surface area contributed by atoms with Crippen LogP contribution in [0.5, 0.6) is 0 Å². The number of aliphatic hydroxyl groups excluding tert-OH is 1. The van der Waals surface area contributed by atoms with Crippen molar-refractivity contribution in [1.82, 2.24) is 5.32 Å². The van der Waals surface area contributed by atoms with Gasteiger partial charge in [0.2, 0.25) is 5.91 Å². The van der Waals surface area contributed by atoms with Gasteiger partial charge >= 0.3 is 0 Å². The molecule has 1 amide bonds. The van der Waals surface area contributed by atoms with Gasteiger partial charge in [-0.1, -0.05) is 13.8 Å². The minimum atomic E-state index is -0.567. The molecule has 0 aromatic heterocycles. The molecule has 0 aromatic rings. The monoisotopic (exact) mass is 202 g/mol. The average Bonchev–Trinajstić information content (AvgIpc) is 2.12.